The van der Waals surface area contributed by atoms with Gasteiger partial charge < -0.3 is 9.88 Å². The van der Waals surface area contributed by atoms with Crippen LogP contribution in [0.3, 0.4) is 0 Å². The fourth-order valence-corrected chi connectivity index (χ4v) is 8.55. The third-order valence-electron chi connectivity index (χ3n) is 11.0. The van der Waals surface area contributed by atoms with Crippen LogP contribution >= 0.6 is 0 Å². The molecule has 3 aliphatic carbocycles. The summed E-state index contributed by atoms with van der Waals surface area (Å²) in [6, 6.07) is 46.4. The summed E-state index contributed by atoms with van der Waals surface area (Å²) >= 11 is 0. The number of aromatic nitrogens is 1. The predicted octanol–water partition coefficient (Wildman–Crippen LogP) is 12.9. The molecule has 0 amide bonds. The van der Waals surface area contributed by atoms with E-state index in [9.17, 15) is 0 Å². The smallest absolute Gasteiger partial charge is 0.0547 e. The minimum atomic E-state index is 0.236. The molecule has 1 unspecified atom stereocenters. The van der Waals surface area contributed by atoms with E-state index in [1.54, 1.807) is 0 Å². The average molecular weight is 667 g/mol. The largest absolute Gasteiger partial charge is 0.355 e. The van der Waals surface area contributed by atoms with Crippen LogP contribution in [0.2, 0.25) is 0 Å². The number of rotatable bonds is 6. The minimum Gasteiger partial charge on any atom is -0.355 e. The Hall–Kier alpha value is -6.38. The highest BCUT2D eigenvalue weighted by molar-refractivity contribution is 6.10. The normalized spacial score (nSPS) is 17.8. The van der Waals surface area contributed by atoms with Crippen molar-refractivity contribution in [3.05, 3.63) is 204 Å². The summed E-state index contributed by atoms with van der Waals surface area (Å²) in [6.45, 7) is 0. The van der Waals surface area contributed by atoms with E-state index in [1.165, 1.54) is 71.7 Å². The number of benzene rings is 6. The number of hydrogen-bond donors (Lipinski definition) is 1. The maximum atomic E-state index is 3.95. The molecule has 10 rings (SSSR count). The molecule has 6 aromatic carbocycles. The van der Waals surface area contributed by atoms with Crippen LogP contribution in [0, 0.1) is 11.8 Å². The lowest BCUT2D eigenvalue weighted by atomic mass is 9.78. The third-order valence-corrected chi connectivity index (χ3v) is 11.0. The molecule has 0 aliphatic heterocycles. The number of nitrogens with zero attached hydrogens (tertiary/aromatic N) is 1. The highest BCUT2D eigenvalue weighted by Crippen LogP contribution is 2.43. The van der Waals surface area contributed by atoms with E-state index < -0.39 is 0 Å². The van der Waals surface area contributed by atoms with Gasteiger partial charge in [-0.2, -0.15) is 0 Å². The fraction of sp³-hybridized carbons (Fsp3) is 0.0800. The van der Waals surface area contributed by atoms with E-state index in [-0.39, 0.29) is 11.8 Å². The van der Waals surface area contributed by atoms with E-state index in [2.05, 4.69) is 198 Å². The molecule has 2 atom stereocenters. The van der Waals surface area contributed by atoms with Gasteiger partial charge >= 0.3 is 0 Å². The lowest BCUT2D eigenvalue weighted by molar-refractivity contribution is 0.636. The molecule has 0 saturated heterocycles. The van der Waals surface area contributed by atoms with Crippen LogP contribution in [0.1, 0.15) is 23.1 Å². The standard InChI is InChI=1S/C50H38N2/c1-2-16-38(17-3-1)52-48-24-11-10-22-43(48)44-30-26-34(33-49(44)52)25-27-37-28-31-46(42-21-9-8-18-39(37)42)51-47-32-29-36-14-5-7-20-41(36)50(47)45-23-12-15-35-13-4-6-19-40(35)45/h1-3,5-12,14-33,37,39,51H,4,13H2/b27-25-/t37-,39?/m0/s1. The lowest BCUT2D eigenvalue weighted by Crippen LogP contribution is -2.19. The predicted molar refractivity (Wildman–Crippen MR) is 222 cm³/mol. The van der Waals surface area contributed by atoms with Crippen molar-refractivity contribution >= 4 is 50.4 Å². The van der Waals surface area contributed by atoms with Gasteiger partial charge in [-0.1, -0.05) is 152 Å². The first-order valence-electron chi connectivity index (χ1n) is 18.4. The quantitative estimate of drug-likeness (QED) is 0.187. The number of anilines is 1. The Balaban J connectivity index is 1.01. The summed E-state index contributed by atoms with van der Waals surface area (Å²) in [5.41, 5.74) is 13.8. The first-order valence-corrected chi connectivity index (χ1v) is 18.4. The monoisotopic (exact) mass is 666 g/mol. The van der Waals surface area contributed by atoms with Gasteiger partial charge in [-0.15, -0.1) is 0 Å². The maximum absolute atomic E-state index is 3.95. The zero-order chi connectivity index (χ0) is 34.4. The number of para-hydroxylation sites is 2. The van der Waals surface area contributed by atoms with E-state index in [1.807, 2.05) is 0 Å². The van der Waals surface area contributed by atoms with Gasteiger partial charge in [0.05, 0.1) is 11.0 Å². The van der Waals surface area contributed by atoms with Gasteiger partial charge in [0.2, 0.25) is 0 Å². The Bertz CT molecular complexity index is 2710. The van der Waals surface area contributed by atoms with Crippen molar-refractivity contribution in [3.63, 3.8) is 0 Å². The van der Waals surface area contributed by atoms with Crippen LogP contribution in [0.5, 0.6) is 0 Å². The van der Waals surface area contributed by atoms with E-state index in [0.29, 0.717) is 0 Å². The molecule has 7 aromatic rings. The van der Waals surface area contributed by atoms with E-state index in [0.717, 1.165) is 24.2 Å². The molecular formula is C50H38N2. The van der Waals surface area contributed by atoms with E-state index >= 15 is 0 Å². The van der Waals surface area contributed by atoms with Crippen molar-refractivity contribution in [2.75, 3.05) is 5.32 Å². The molecule has 2 nitrogen and oxygen atoms in total. The Kier molecular flexibility index (Phi) is 7.46. The van der Waals surface area contributed by atoms with Gasteiger partial charge in [-0.3, -0.25) is 0 Å². The number of fused-ring (bicyclic) bond motifs is 6. The molecule has 0 saturated carbocycles. The number of aryl methyl sites for hydroxylation is 1. The number of nitrogens with one attached hydrogen (secondary N) is 1. The number of allylic oxidation sites excluding steroid dienone is 9. The van der Waals surface area contributed by atoms with Crippen molar-refractivity contribution in [2.24, 2.45) is 11.8 Å². The Labute approximate surface area is 304 Å². The van der Waals surface area contributed by atoms with Crippen LogP contribution < -0.4 is 5.32 Å². The molecule has 52 heavy (non-hydrogen) atoms. The van der Waals surface area contributed by atoms with Gasteiger partial charge in [0, 0.05) is 45.2 Å². The zero-order valence-corrected chi connectivity index (χ0v) is 28.9. The minimum absolute atomic E-state index is 0.236. The van der Waals surface area contributed by atoms with Crippen molar-refractivity contribution < 1.29 is 0 Å². The van der Waals surface area contributed by atoms with Gasteiger partial charge in [0.25, 0.3) is 0 Å². The second-order valence-electron chi connectivity index (χ2n) is 14.1. The van der Waals surface area contributed by atoms with Crippen molar-refractivity contribution in [2.45, 2.75) is 12.8 Å². The summed E-state index contributed by atoms with van der Waals surface area (Å²) in [7, 11) is 0. The van der Waals surface area contributed by atoms with Gasteiger partial charge in [-0.25, -0.2) is 0 Å². The highest BCUT2D eigenvalue weighted by atomic mass is 15.0. The topological polar surface area (TPSA) is 17.0 Å². The maximum Gasteiger partial charge on any atom is 0.0547 e. The molecule has 0 bridgehead atoms. The first-order chi connectivity index (χ1) is 25.8. The van der Waals surface area contributed by atoms with Crippen LogP contribution in [0.25, 0.3) is 61.5 Å². The second kappa shape index (κ2) is 12.7. The molecule has 0 radical (unpaired) electrons. The lowest BCUT2D eigenvalue weighted by Gasteiger charge is -2.30. The molecule has 1 N–H and O–H groups in total. The molecule has 0 fully saturated rings. The summed E-state index contributed by atoms with van der Waals surface area (Å²) in [4.78, 5) is 0. The molecule has 1 heterocycles. The Morgan fingerprint density at radius 2 is 1.50 bits per heavy atom. The fourth-order valence-electron chi connectivity index (χ4n) is 8.55. The summed E-state index contributed by atoms with van der Waals surface area (Å²) in [5.74, 6) is 0.476. The van der Waals surface area contributed by atoms with Crippen molar-refractivity contribution in [3.8, 4) is 16.8 Å². The molecule has 0 spiro atoms. The molecule has 2 heteroatoms. The third kappa shape index (κ3) is 5.18. The Morgan fingerprint density at radius 1 is 0.654 bits per heavy atom. The van der Waals surface area contributed by atoms with Crippen LogP contribution in [0.15, 0.2) is 187 Å². The summed E-state index contributed by atoms with van der Waals surface area (Å²) in [6.07, 6.45) is 25.2. The zero-order valence-electron chi connectivity index (χ0n) is 28.9. The molecule has 1 aromatic heterocycles. The molecule has 3 aliphatic rings. The molecular weight excluding hydrogens is 629 g/mol. The average Bonchev–Trinajstić information content (AvgIpc) is 3.54. The Morgan fingerprint density at radius 3 is 2.44 bits per heavy atom. The second-order valence-corrected chi connectivity index (χ2v) is 14.1. The van der Waals surface area contributed by atoms with Gasteiger partial charge in [0.1, 0.15) is 0 Å². The van der Waals surface area contributed by atoms with Crippen LogP contribution in [-0.4, -0.2) is 4.57 Å². The highest BCUT2D eigenvalue weighted by Gasteiger charge is 2.26. The summed E-state index contributed by atoms with van der Waals surface area (Å²) < 4.78 is 2.39. The first kappa shape index (κ1) is 30.4. The SMILES string of the molecule is C1=CC2=C(Nc3ccc4ccccc4c3-c3cccc4c3C=CCC4)C=C[C@H](/C=C\c3ccc4c5ccccc5n(-c5ccccc5)c4c3)C2C=C1. The number of hydrogen-bond acceptors (Lipinski definition) is 1. The van der Waals surface area contributed by atoms with Gasteiger partial charge in [-0.05, 0) is 87.8 Å². The summed E-state index contributed by atoms with van der Waals surface area (Å²) in [5, 5.41) is 9.02. The molecule has 248 valence electrons. The van der Waals surface area contributed by atoms with Gasteiger partial charge in [0.15, 0.2) is 0 Å². The van der Waals surface area contributed by atoms with E-state index in [4.69, 9.17) is 0 Å². The van der Waals surface area contributed by atoms with Crippen molar-refractivity contribution in [1.82, 2.24) is 4.57 Å². The van der Waals surface area contributed by atoms with Crippen LogP contribution in [0.4, 0.5) is 5.69 Å². The van der Waals surface area contributed by atoms with Crippen molar-refractivity contribution in [1.29, 1.82) is 0 Å². The van der Waals surface area contributed by atoms with Crippen LogP contribution in [-0.2, 0) is 6.42 Å².